The molecule has 0 unspecified atom stereocenters. The lowest BCUT2D eigenvalue weighted by Crippen LogP contribution is -2.75. The number of hydrogen-bond acceptors (Lipinski definition) is 2. The number of halogens is 19. The Bertz CT molecular complexity index is 751. The fraction of sp³-hybridized carbons (Fsp3) is 1.00. The molecule has 0 N–H and O–H groups in total. The van der Waals surface area contributed by atoms with E-state index in [1.165, 1.54) is 0 Å². The number of alkyl halides is 19. The summed E-state index contributed by atoms with van der Waals surface area (Å²) in [6.45, 7) is 0. The lowest BCUT2D eigenvalue weighted by Gasteiger charge is -2.43. The van der Waals surface area contributed by atoms with E-state index in [4.69, 9.17) is 0 Å². The molecule has 0 aliphatic rings. The van der Waals surface area contributed by atoms with E-state index in [0.717, 1.165) is 0 Å². The molecule has 0 aromatic carbocycles. The van der Waals surface area contributed by atoms with Crippen molar-refractivity contribution in [2.75, 3.05) is 0 Å². The summed E-state index contributed by atoms with van der Waals surface area (Å²) < 4.78 is 261. The maximum Gasteiger partial charge on any atom is 0.460 e. The van der Waals surface area contributed by atoms with Crippen LogP contribution in [0, 0.1) is 0 Å². The van der Waals surface area contributed by atoms with Gasteiger partial charge in [0.2, 0.25) is 10.7 Å². The van der Waals surface area contributed by atoms with Crippen molar-refractivity contribution in [2.45, 2.75) is 52.9 Å². The van der Waals surface area contributed by atoms with Crippen molar-refractivity contribution in [3.05, 3.63) is 0 Å². The van der Waals surface area contributed by atoms with Crippen LogP contribution in [-0.2, 0) is 10.7 Å². The van der Waals surface area contributed by atoms with Crippen molar-refractivity contribution >= 4 is 10.7 Å². The Morgan fingerprint density at radius 3 is 0.710 bits per heavy atom. The quantitative estimate of drug-likeness (QED) is 0.344. The summed E-state index contributed by atoms with van der Waals surface area (Å²) in [6.07, 6.45) is -7.95. The number of rotatable bonds is 8. The zero-order chi connectivity index (χ0) is 26.1. The molecule has 0 aromatic heterocycles. The molecule has 0 heterocycles. The van der Waals surface area contributed by atoms with Crippen molar-refractivity contribution in [1.82, 2.24) is 0 Å². The minimum Gasteiger partial charge on any atom is -0.225 e. The standard InChI is InChI=1S/C9HF19O2S/c10-1(11,2(12,13)4(16,17)6(20,21)8(24,25)26)3(14,15)5(18,19)7(22,23)9(27,28)31(29)30/h31H. The molecular formula is C9HF19O2S. The highest BCUT2D eigenvalue weighted by atomic mass is 32.2. The molecule has 0 amide bonds. The van der Waals surface area contributed by atoms with E-state index in [1.807, 2.05) is 0 Å². The highest BCUT2D eigenvalue weighted by Gasteiger charge is 2.97. The lowest BCUT2D eigenvalue weighted by atomic mass is 9.89. The normalized spacial score (nSPS) is 16.8. The summed E-state index contributed by atoms with van der Waals surface area (Å²) in [5.74, 6) is -61.3. The van der Waals surface area contributed by atoms with E-state index in [0.29, 0.717) is 0 Å². The molecule has 0 spiro atoms. The van der Waals surface area contributed by atoms with Crippen LogP contribution >= 0.6 is 0 Å². The number of hydrogen-bond donors (Lipinski definition) is 1. The third-order valence-corrected chi connectivity index (χ3v) is 4.07. The number of thiol groups is 1. The summed E-state index contributed by atoms with van der Waals surface area (Å²) in [5, 5.41) is -7.47. The van der Waals surface area contributed by atoms with Gasteiger partial charge < -0.3 is 0 Å². The summed E-state index contributed by atoms with van der Waals surface area (Å²) >= 11 is 0. The van der Waals surface area contributed by atoms with Gasteiger partial charge in [0.05, 0.1) is 0 Å². The third-order valence-electron chi connectivity index (χ3n) is 3.33. The predicted molar refractivity (Wildman–Crippen MR) is 55.9 cm³/mol. The zero-order valence-corrected chi connectivity index (χ0v) is 13.8. The Kier molecular flexibility index (Phi) is 6.74. The predicted octanol–water partition coefficient (Wildman–Crippen LogP) is 5.20. The Balaban J connectivity index is 6.98. The molecule has 0 aromatic rings. The molecule has 31 heavy (non-hydrogen) atoms. The molecule has 0 aliphatic heterocycles. The molecule has 22 heteroatoms. The summed E-state index contributed by atoms with van der Waals surface area (Å²) in [7, 11) is -6.31. The molecule has 0 aliphatic carbocycles. The molecule has 0 bridgehead atoms. The van der Waals surface area contributed by atoms with E-state index in [2.05, 4.69) is 0 Å². The molecule has 0 atom stereocenters. The van der Waals surface area contributed by atoms with Gasteiger partial charge in [0, 0.05) is 0 Å². The van der Waals surface area contributed by atoms with Crippen LogP contribution in [0.2, 0.25) is 0 Å². The second-order valence-corrected chi connectivity index (χ2v) is 6.39. The topological polar surface area (TPSA) is 34.1 Å². The van der Waals surface area contributed by atoms with E-state index in [-0.39, 0.29) is 0 Å². The van der Waals surface area contributed by atoms with Crippen LogP contribution in [0.1, 0.15) is 0 Å². The minimum absolute atomic E-state index is 6.31. The van der Waals surface area contributed by atoms with Gasteiger partial charge in [-0.2, -0.15) is 83.4 Å². The Morgan fingerprint density at radius 1 is 0.323 bits per heavy atom. The van der Waals surface area contributed by atoms with Gasteiger partial charge in [-0.15, -0.1) is 0 Å². The summed E-state index contributed by atoms with van der Waals surface area (Å²) in [5.41, 5.74) is 0. The van der Waals surface area contributed by atoms with E-state index < -0.39 is 63.6 Å². The Labute approximate surface area is 156 Å². The molecule has 0 fully saturated rings. The highest BCUT2D eigenvalue weighted by Crippen LogP contribution is 2.65. The maximum absolute atomic E-state index is 13.1. The first-order valence-electron chi connectivity index (χ1n) is 6.18. The van der Waals surface area contributed by atoms with Crippen LogP contribution in [0.4, 0.5) is 83.4 Å². The molecule has 0 radical (unpaired) electrons. The fourth-order valence-electron chi connectivity index (χ4n) is 1.47. The van der Waals surface area contributed by atoms with Crippen LogP contribution in [0.25, 0.3) is 0 Å². The molecule has 0 rings (SSSR count). The van der Waals surface area contributed by atoms with Gasteiger partial charge in [0.25, 0.3) is 0 Å². The van der Waals surface area contributed by atoms with Gasteiger partial charge in [0.1, 0.15) is 0 Å². The minimum atomic E-state index is -9.06. The summed E-state index contributed by atoms with van der Waals surface area (Å²) in [6, 6.07) is 0. The fourth-order valence-corrected chi connectivity index (χ4v) is 1.84. The molecule has 188 valence electrons. The third kappa shape index (κ3) is 3.45. The van der Waals surface area contributed by atoms with Gasteiger partial charge in [-0.25, -0.2) is 8.42 Å². The van der Waals surface area contributed by atoms with Crippen molar-refractivity contribution in [2.24, 2.45) is 0 Å². The Hall–Kier alpha value is -1.38. The van der Waals surface area contributed by atoms with Crippen molar-refractivity contribution < 1.29 is 91.8 Å². The first kappa shape index (κ1) is 29.6. The van der Waals surface area contributed by atoms with Crippen molar-refractivity contribution in [1.29, 1.82) is 0 Å². The first-order chi connectivity index (χ1) is 12.9. The van der Waals surface area contributed by atoms with Gasteiger partial charge in [-0.1, -0.05) is 0 Å². The molecular weight excluding hydrogens is 533 g/mol. The van der Waals surface area contributed by atoms with Crippen LogP contribution in [-0.4, -0.2) is 61.3 Å². The smallest absolute Gasteiger partial charge is 0.225 e. The zero-order valence-electron chi connectivity index (χ0n) is 12.9. The summed E-state index contributed by atoms with van der Waals surface area (Å²) in [4.78, 5) is 0. The van der Waals surface area contributed by atoms with Crippen LogP contribution in [0.15, 0.2) is 0 Å². The Morgan fingerprint density at radius 2 is 0.516 bits per heavy atom. The SMILES string of the molecule is O=[SH](=O)C(F)(F)C(F)(F)C(F)(F)C(F)(F)C(F)(F)C(F)(F)C(F)(F)C(F)(F)C(F)(F)F. The van der Waals surface area contributed by atoms with Gasteiger partial charge >= 0.3 is 52.9 Å². The van der Waals surface area contributed by atoms with E-state index in [1.54, 1.807) is 0 Å². The van der Waals surface area contributed by atoms with Crippen LogP contribution in [0.5, 0.6) is 0 Å². The lowest BCUT2D eigenvalue weighted by molar-refractivity contribution is -0.466. The first-order valence-corrected chi connectivity index (χ1v) is 7.36. The van der Waals surface area contributed by atoms with Gasteiger partial charge in [-0.05, 0) is 0 Å². The average Bonchev–Trinajstić information content (AvgIpc) is 2.52. The van der Waals surface area contributed by atoms with Gasteiger partial charge in [-0.3, -0.25) is 0 Å². The van der Waals surface area contributed by atoms with Crippen molar-refractivity contribution in [3.63, 3.8) is 0 Å². The van der Waals surface area contributed by atoms with Crippen LogP contribution in [0.3, 0.4) is 0 Å². The molecule has 0 saturated carbocycles. The van der Waals surface area contributed by atoms with Gasteiger partial charge in [0.15, 0.2) is 0 Å². The second-order valence-electron chi connectivity index (χ2n) is 5.32. The maximum atomic E-state index is 13.1. The molecule has 0 saturated heterocycles. The average molecular weight is 534 g/mol. The van der Waals surface area contributed by atoms with E-state index in [9.17, 15) is 91.8 Å². The van der Waals surface area contributed by atoms with Crippen LogP contribution < -0.4 is 0 Å². The largest absolute Gasteiger partial charge is 0.460 e. The molecule has 2 nitrogen and oxygen atoms in total. The second kappa shape index (κ2) is 7.06. The van der Waals surface area contributed by atoms with Crippen molar-refractivity contribution in [3.8, 4) is 0 Å². The monoisotopic (exact) mass is 534 g/mol. The van der Waals surface area contributed by atoms with E-state index >= 15 is 0 Å². The highest BCUT2D eigenvalue weighted by molar-refractivity contribution is 7.73.